The third kappa shape index (κ3) is 8.60. The van der Waals surface area contributed by atoms with Gasteiger partial charge in [0, 0.05) is 25.6 Å². The predicted molar refractivity (Wildman–Crippen MR) is 159 cm³/mol. The number of nitrogens with one attached hydrogen (secondary N) is 1. The topological polar surface area (TPSA) is 86.8 Å². The zero-order chi connectivity index (χ0) is 28.7. The van der Waals surface area contributed by atoms with E-state index >= 15 is 0 Å². The zero-order valence-corrected chi connectivity index (χ0v) is 25.5. The molecule has 7 nitrogen and oxygen atoms in total. The average Bonchev–Trinajstić information content (AvgIpc) is 3.37. The van der Waals surface area contributed by atoms with E-state index in [0.717, 1.165) is 42.4 Å². The predicted octanol–water partition coefficient (Wildman–Crippen LogP) is 6.02. The highest BCUT2D eigenvalue weighted by atomic mass is 35.5. The summed E-state index contributed by atoms with van der Waals surface area (Å²) in [4.78, 5) is 28.6. The molecule has 39 heavy (non-hydrogen) atoms. The van der Waals surface area contributed by atoms with Crippen molar-refractivity contribution in [2.24, 2.45) is 0 Å². The van der Waals surface area contributed by atoms with Crippen molar-refractivity contribution < 1.29 is 18.0 Å². The van der Waals surface area contributed by atoms with Crippen molar-refractivity contribution in [1.29, 1.82) is 0 Å². The highest BCUT2D eigenvalue weighted by Crippen LogP contribution is 2.26. The molecule has 1 atom stereocenters. The molecule has 1 aliphatic rings. The van der Waals surface area contributed by atoms with Crippen LogP contribution in [0.4, 0.5) is 5.69 Å². The lowest BCUT2D eigenvalue weighted by atomic mass is 10.1. The fourth-order valence-electron chi connectivity index (χ4n) is 5.09. The summed E-state index contributed by atoms with van der Waals surface area (Å²) in [7, 11) is -3.56. The molecule has 10 heteroatoms. The molecule has 1 saturated carbocycles. The van der Waals surface area contributed by atoms with Gasteiger partial charge < -0.3 is 10.2 Å². The lowest BCUT2D eigenvalue weighted by Gasteiger charge is -2.32. The van der Waals surface area contributed by atoms with Crippen LogP contribution in [0.1, 0.15) is 68.6 Å². The quantitative estimate of drug-likeness (QED) is 0.325. The van der Waals surface area contributed by atoms with E-state index in [-0.39, 0.29) is 37.4 Å². The van der Waals surface area contributed by atoms with E-state index in [4.69, 9.17) is 23.2 Å². The SMILES string of the molecule is CC[C@@H](C(=O)NC1CCCC1)N(Cc1ccc(Cl)c(Cl)c1)C(=O)CCCN(c1cc(C)ccc1C)S(C)(=O)=O. The fraction of sp³-hybridized carbons (Fsp3) is 0.517. The first-order chi connectivity index (χ1) is 18.4. The third-order valence-electron chi connectivity index (χ3n) is 7.21. The molecule has 214 valence electrons. The van der Waals surface area contributed by atoms with E-state index in [2.05, 4.69) is 5.32 Å². The van der Waals surface area contributed by atoms with Gasteiger partial charge in [-0.25, -0.2) is 8.42 Å². The Kier molecular flexibility index (Phi) is 11.1. The van der Waals surface area contributed by atoms with E-state index in [1.54, 1.807) is 23.1 Å². The van der Waals surface area contributed by atoms with Crippen LogP contribution in [-0.2, 0) is 26.2 Å². The number of sulfonamides is 1. The van der Waals surface area contributed by atoms with Gasteiger partial charge in [-0.05, 0) is 74.4 Å². The zero-order valence-electron chi connectivity index (χ0n) is 23.2. The second-order valence-electron chi connectivity index (χ2n) is 10.4. The second kappa shape index (κ2) is 13.9. The minimum atomic E-state index is -3.56. The van der Waals surface area contributed by atoms with Crippen LogP contribution >= 0.6 is 23.2 Å². The van der Waals surface area contributed by atoms with E-state index < -0.39 is 16.1 Å². The Morgan fingerprint density at radius 2 is 1.74 bits per heavy atom. The number of benzene rings is 2. The summed E-state index contributed by atoms with van der Waals surface area (Å²) >= 11 is 12.3. The van der Waals surface area contributed by atoms with Gasteiger partial charge in [-0.2, -0.15) is 0 Å². The molecule has 0 aliphatic heterocycles. The molecule has 0 spiro atoms. The lowest BCUT2D eigenvalue weighted by molar-refractivity contribution is -0.141. The Hall–Kier alpha value is -2.29. The largest absolute Gasteiger partial charge is 0.352 e. The molecule has 3 rings (SSSR count). The molecular formula is C29H39Cl2N3O4S. The molecule has 0 unspecified atom stereocenters. The third-order valence-corrected chi connectivity index (χ3v) is 9.13. The molecule has 2 aromatic rings. The van der Waals surface area contributed by atoms with Crippen molar-refractivity contribution in [2.45, 2.75) is 84.3 Å². The molecule has 0 radical (unpaired) electrons. The maximum absolute atomic E-state index is 13.6. The van der Waals surface area contributed by atoms with Crippen LogP contribution in [-0.4, -0.2) is 50.0 Å². The van der Waals surface area contributed by atoms with Gasteiger partial charge in [0.25, 0.3) is 0 Å². The van der Waals surface area contributed by atoms with Gasteiger partial charge in [0.1, 0.15) is 6.04 Å². The normalized spacial score (nSPS) is 14.7. The molecule has 0 bridgehead atoms. The number of amides is 2. The van der Waals surface area contributed by atoms with Crippen molar-refractivity contribution in [3.8, 4) is 0 Å². The van der Waals surface area contributed by atoms with Crippen LogP contribution in [0.3, 0.4) is 0 Å². The number of anilines is 1. The lowest BCUT2D eigenvalue weighted by Crippen LogP contribution is -2.51. The average molecular weight is 597 g/mol. The van der Waals surface area contributed by atoms with Gasteiger partial charge >= 0.3 is 0 Å². The first-order valence-corrected chi connectivity index (χ1v) is 16.1. The van der Waals surface area contributed by atoms with Crippen molar-refractivity contribution in [1.82, 2.24) is 10.2 Å². The Morgan fingerprint density at radius 1 is 1.05 bits per heavy atom. The number of nitrogens with zero attached hydrogens (tertiary/aromatic N) is 2. The Balaban J connectivity index is 1.80. The molecule has 0 saturated heterocycles. The first kappa shape index (κ1) is 31.2. The molecule has 2 aromatic carbocycles. The summed E-state index contributed by atoms with van der Waals surface area (Å²) in [6.07, 6.45) is 6.08. The maximum Gasteiger partial charge on any atom is 0.243 e. The minimum absolute atomic E-state index is 0.0887. The van der Waals surface area contributed by atoms with Gasteiger partial charge in [-0.15, -0.1) is 0 Å². The summed E-state index contributed by atoms with van der Waals surface area (Å²) in [6, 6.07) is 10.3. The van der Waals surface area contributed by atoms with E-state index in [9.17, 15) is 18.0 Å². The number of rotatable bonds is 12. The summed E-state index contributed by atoms with van der Waals surface area (Å²) in [5.41, 5.74) is 3.17. The van der Waals surface area contributed by atoms with Crippen molar-refractivity contribution >= 4 is 50.7 Å². The highest BCUT2D eigenvalue weighted by Gasteiger charge is 2.31. The summed E-state index contributed by atoms with van der Waals surface area (Å²) in [6.45, 7) is 6.01. The highest BCUT2D eigenvalue weighted by molar-refractivity contribution is 7.92. The monoisotopic (exact) mass is 595 g/mol. The molecule has 0 heterocycles. The summed E-state index contributed by atoms with van der Waals surface area (Å²) < 4.78 is 26.7. The standard InChI is InChI=1S/C29H39Cl2N3O4S/c1-5-26(29(36)32-23-9-6-7-10-23)33(19-22-14-15-24(30)25(31)18-22)28(35)11-8-16-34(39(4,37)38)27-17-20(2)12-13-21(27)3/h12-15,17-18,23,26H,5-11,16,19H2,1-4H3,(H,32,36)/t26-/m0/s1. The van der Waals surface area contributed by atoms with Crippen LogP contribution in [0.15, 0.2) is 36.4 Å². The fourth-order valence-corrected chi connectivity index (χ4v) is 6.43. The van der Waals surface area contributed by atoms with Gasteiger partial charge in [0.15, 0.2) is 0 Å². The molecular weight excluding hydrogens is 557 g/mol. The van der Waals surface area contributed by atoms with Crippen LogP contribution in [0.2, 0.25) is 10.0 Å². The number of hydrogen-bond acceptors (Lipinski definition) is 4. The number of aryl methyl sites for hydroxylation is 2. The minimum Gasteiger partial charge on any atom is -0.352 e. The van der Waals surface area contributed by atoms with Crippen molar-refractivity contribution in [3.63, 3.8) is 0 Å². The van der Waals surface area contributed by atoms with E-state index in [0.29, 0.717) is 28.6 Å². The van der Waals surface area contributed by atoms with Gasteiger partial charge in [0.05, 0.1) is 22.0 Å². The Labute approximate surface area is 242 Å². The second-order valence-corrected chi connectivity index (χ2v) is 13.1. The van der Waals surface area contributed by atoms with Gasteiger partial charge in [0.2, 0.25) is 21.8 Å². The van der Waals surface area contributed by atoms with Crippen LogP contribution in [0.25, 0.3) is 0 Å². The van der Waals surface area contributed by atoms with Crippen molar-refractivity contribution in [2.75, 3.05) is 17.1 Å². The number of carbonyl (C=O) groups excluding carboxylic acids is 2. The van der Waals surface area contributed by atoms with E-state index in [1.165, 1.54) is 10.6 Å². The smallest absolute Gasteiger partial charge is 0.243 e. The molecule has 1 fully saturated rings. The maximum atomic E-state index is 13.6. The summed E-state index contributed by atoms with van der Waals surface area (Å²) in [5.74, 6) is -0.380. The molecule has 0 aromatic heterocycles. The summed E-state index contributed by atoms with van der Waals surface area (Å²) in [5, 5.41) is 3.92. The van der Waals surface area contributed by atoms with Gasteiger partial charge in [-0.3, -0.25) is 13.9 Å². The van der Waals surface area contributed by atoms with Crippen molar-refractivity contribution in [3.05, 3.63) is 63.1 Å². The molecule has 1 aliphatic carbocycles. The Bertz CT molecular complexity index is 1280. The van der Waals surface area contributed by atoms with E-state index in [1.807, 2.05) is 39.0 Å². The van der Waals surface area contributed by atoms with Crippen LogP contribution in [0, 0.1) is 13.8 Å². The first-order valence-electron chi connectivity index (χ1n) is 13.5. The molecule has 2 amide bonds. The number of halogens is 2. The Morgan fingerprint density at radius 3 is 2.36 bits per heavy atom. The van der Waals surface area contributed by atoms with Crippen LogP contribution in [0.5, 0.6) is 0 Å². The number of hydrogen-bond donors (Lipinski definition) is 1. The van der Waals surface area contributed by atoms with Gasteiger partial charge in [-0.1, -0.05) is 61.2 Å². The number of carbonyl (C=O) groups is 2. The van der Waals surface area contributed by atoms with Crippen LogP contribution < -0.4 is 9.62 Å². The molecule has 1 N–H and O–H groups in total.